The second kappa shape index (κ2) is 9.77. The molecule has 1 heterocycles. The van der Waals surface area contributed by atoms with E-state index < -0.39 is 5.69 Å². The van der Waals surface area contributed by atoms with E-state index in [1.807, 2.05) is 24.3 Å². The number of nitrogens with one attached hydrogen (secondary N) is 3. The van der Waals surface area contributed by atoms with E-state index in [9.17, 15) is 9.59 Å². The normalized spacial score (nSPS) is 10.6. The number of H-pyrrole nitrogens is 2. The second-order valence-corrected chi connectivity index (χ2v) is 6.80. The van der Waals surface area contributed by atoms with E-state index in [0.29, 0.717) is 23.2 Å². The summed E-state index contributed by atoms with van der Waals surface area (Å²) < 4.78 is 10.9. The minimum Gasteiger partial charge on any atom is -0.457 e. The summed E-state index contributed by atoms with van der Waals surface area (Å²) >= 11 is 1.14. The molecule has 0 aliphatic carbocycles. The first kappa shape index (κ1) is 19.7. The minimum absolute atomic E-state index is 0.133. The van der Waals surface area contributed by atoms with Gasteiger partial charge in [0.2, 0.25) is 5.91 Å². The molecule has 0 atom stereocenters. The smallest absolute Gasteiger partial charge is 0.341 e. The molecule has 1 amide bonds. The zero-order valence-corrected chi connectivity index (χ0v) is 16.0. The highest BCUT2D eigenvalue weighted by molar-refractivity contribution is 7.99. The number of rotatable bonds is 9. The molecule has 0 saturated heterocycles. The van der Waals surface area contributed by atoms with E-state index in [4.69, 9.17) is 9.47 Å². The summed E-state index contributed by atoms with van der Waals surface area (Å²) in [5.74, 6) is 1.34. The Balaban J connectivity index is 1.48. The predicted octanol–water partition coefficient (Wildman–Crippen LogP) is 2.81. The first-order valence-electron chi connectivity index (χ1n) is 8.55. The summed E-state index contributed by atoms with van der Waals surface area (Å²) in [6, 6.07) is 14.9. The van der Waals surface area contributed by atoms with Crippen LogP contribution in [-0.4, -0.2) is 40.6 Å². The molecule has 1 aromatic heterocycles. The molecule has 3 N–H and O–H groups in total. The van der Waals surface area contributed by atoms with Crippen molar-refractivity contribution in [3.63, 3.8) is 0 Å². The summed E-state index contributed by atoms with van der Waals surface area (Å²) in [4.78, 5) is 25.4. The molecule has 0 unspecified atom stereocenters. The van der Waals surface area contributed by atoms with E-state index in [1.165, 1.54) is 5.56 Å². The van der Waals surface area contributed by atoms with Gasteiger partial charge in [-0.2, -0.15) is 0 Å². The van der Waals surface area contributed by atoms with Crippen LogP contribution in [0.1, 0.15) is 5.56 Å². The fourth-order valence-corrected chi connectivity index (χ4v) is 2.96. The lowest BCUT2D eigenvalue weighted by Gasteiger charge is -2.09. The molecule has 28 heavy (non-hydrogen) atoms. The zero-order valence-electron chi connectivity index (χ0n) is 15.2. The highest BCUT2D eigenvalue weighted by Gasteiger charge is 2.06. The minimum atomic E-state index is -0.400. The van der Waals surface area contributed by atoms with Gasteiger partial charge in [0.15, 0.2) is 5.16 Å². The molecule has 0 saturated carbocycles. The average molecular weight is 400 g/mol. The third-order valence-electron chi connectivity index (χ3n) is 3.71. The molecule has 0 radical (unpaired) electrons. The number of hydrogen-bond acceptors (Lipinski definition) is 6. The number of nitrogens with zero attached hydrogens (tertiary/aromatic N) is 1. The maximum absolute atomic E-state index is 12.0. The van der Waals surface area contributed by atoms with Crippen LogP contribution in [0.5, 0.6) is 11.5 Å². The van der Waals surface area contributed by atoms with Gasteiger partial charge in [0.1, 0.15) is 11.5 Å². The summed E-state index contributed by atoms with van der Waals surface area (Å²) in [6.45, 7) is 0.686. The SMILES string of the molecule is COCCc1ccc(Oc2ccc(NC(=O)CSc3n[nH]c(=O)[nH]3)cc2)cc1. The first-order chi connectivity index (χ1) is 13.6. The van der Waals surface area contributed by atoms with E-state index in [0.717, 1.165) is 23.9 Å². The summed E-state index contributed by atoms with van der Waals surface area (Å²) in [6.07, 6.45) is 0.861. The van der Waals surface area contributed by atoms with Gasteiger partial charge in [0, 0.05) is 12.8 Å². The Morgan fingerprint density at radius 2 is 1.79 bits per heavy atom. The first-order valence-corrected chi connectivity index (χ1v) is 9.54. The third-order valence-corrected chi connectivity index (χ3v) is 4.58. The van der Waals surface area contributed by atoms with Crippen molar-refractivity contribution in [2.24, 2.45) is 0 Å². The highest BCUT2D eigenvalue weighted by atomic mass is 32.2. The van der Waals surface area contributed by atoms with Gasteiger partial charge in [0.25, 0.3) is 0 Å². The van der Waals surface area contributed by atoms with E-state index in [1.54, 1.807) is 31.4 Å². The van der Waals surface area contributed by atoms with Gasteiger partial charge in [0.05, 0.1) is 12.4 Å². The van der Waals surface area contributed by atoms with E-state index >= 15 is 0 Å². The maximum atomic E-state index is 12.0. The largest absolute Gasteiger partial charge is 0.457 e. The highest BCUT2D eigenvalue weighted by Crippen LogP contribution is 2.23. The van der Waals surface area contributed by atoms with Gasteiger partial charge in [-0.3, -0.25) is 9.78 Å². The lowest BCUT2D eigenvalue weighted by Crippen LogP contribution is -2.14. The number of aromatic nitrogens is 3. The fourth-order valence-electron chi connectivity index (χ4n) is 2.34. The number of benzene rings is 2. The Hall–Kier alpha value is -3.04. The third kappa shape index (κ3) is 6.00. The number of aromatic amines is 2. The molecular formula is C19H20N4O4S. The Morgan fingerprint density at radius 3 is 2.39 bits per heavy atom. The van der Waals surface area contributed by atoms with Crippen LogP contribution in [0.2, 0.25) is 0 Å². The molecule has 8 nitrogen and oxygen atoms in total. The van der Waals surface area contributed by atoms with Crippen LogP contribution in [0.4, 0.5) is 5.69 Å². The average Bonchev–Trinajstić information content (AvgIpc) is 3.13. The van der Waals surface area contributed by atoms with Crippen LogP contribution in [0.25, 0.3) is 0 Å². The Labute approximate surface area is 165 Å². The molecule has 0 spiro atoms. The molecule has 0 aliphatic rings. The molecule has 0 bridgehead atoms. The number of ether oxygens (including phenoxy) is 2. The Kier molecular flexibility index (Phi) is 6.88. The Bertz CT molecular complexity index is 951. The summed E-state index contributed by atoms with van der Waals surface area (Å²) in [5, 5.41) is 9.13. The monoisotopic (exact) mass is 400 g/mol. The zero-order chi connectivity index (χ0) is 19.8. The van der Waals surface area contributed by atoms with Crippen molar-refractivity contribution in [3.8, 4) is 11.5 Å². The van der Waals surface area contributed by atoms with Crippen LogP contribution >= 0.6 is 11.8 Å². The number of methoxy groups -OCH3 is 1. The maximum Gasteiger partial charge on any atom is 0.341 e. The van der Waals surface area contributed by atoms with Crippen molar-refractivity contribution in [1.29, 1.82) is 0 Å². The van der Waals surface area contributed by atoms with Crippen molar-refractivity contribution in [2.75, 3.05) is 24.8 Å². The lowest BCUT2D eigenvalue weighted by molar-refractivity contribution is -0.113. The number of carbonyl (C=O) groups excluding carboxylic acids is 1. The van der Waals surface area contributed by atoms with Crippen molar-refractivity contribution >= 4 is 23.4 Å². The number of carbonyl (C=O) groups is 1. The summed E-state index contributed by atoms with van der Waals surface area (Å²) in [5.41, 5.74) is 1.44. The number of amides is 1. The van der Waals surface area contributed by atoms with Crippen LogP contribution in [0, 0.1) is 0 Å². The second-order valence-electron chi connectivity index (χ2n) is 5.83. The quantitative estimate of drug-likeness (QED) is 0.477. The van der Waals surface area contributed by atoms with Crippen molar-refractivity contribution in [1.82, 2.24) is 15.2 Å². The number of thioether (sulfide) groups is 1. The lowest BCUT2D eigenvalue weighted by atomic mass is 10.1. The van der Waals surface area contributed by atoms with Crippen LogP contribution in [0.15, 0.2) is 58.5 Å². The van der Waals surface area contributed by atoms with Crippen molar-refractivity contribution in [2.45, 2.75) is 11.6 Å². The van der Waals surface area contributed by atoms with Gasteiger partial charge in [-0.05, 0) is 48.4 Å². The van der Waals surface area contributed by atoms with Gasteiger partial charge in [-0.15, -0.1) is 5.10 Å². The van der Waals surface area contributed by atoms with Gasteiger partial charge < -0.3 is 14.8 Å². The van der Waals surface area contributed by atoms with Crippen molar-refractivity contribution < 1.29 is 14.3 Å². The topological polar surface area (TPSA) is 109 Å². The molecule has 3 aromatic rings. The van der Waals surface area contributed by atoms with E-state index in [-0.39, 0.29) is 11.7 Å². The molecule has 0 fully saturated rings. The fraction of sp³-hybridized carbons (Fsp3) is 0.211. The number of anilines is 1. The van der Waals surface area contributed by atoms with Gasteiger partial charge >= 0.3 is 5.69 Å². The van der Waals surface area contributed by atoms with Gasteiger partial charge in [-0.25, -0.2) is 9.89 Å². The molecule has 3 rings (SSSR count). The van der Waals surface area contributed by atoms with Crippen LogP contribution in [-0.2, 0) is 16.0 Å². The molecule has 146 valence electrons. The van der Waals surface area contributed by atoms with Gasteiger partial charge in [-0.1, -0.05) is 23.9 Å². The van der Waals surface area contributed by atoms with Crippen LogP contribution in [0.3, 0.4) is 0 Å². The molecule has 9 heteroatoms. The standard InChI is InChI=1S/C19H20N4O4S/c1-26-11-10-13-2-6-15(7-3-13)27-16-8-4-14(5-9-16)20-17(24)12-28-19-21-18(25)22-23-19/h2-9H,10-12H2,1H3,(H,20,24)(H2,21,22,23,25). The van der Waals surface area contributed by atoms with E-state index in [2.05, 4.69) is 20.5 Å². The molecule has 2 aromatic carbocycles. The predicted molar refractivity (Wildman–Crippen MR) is 107 cm³/mol. The molecular weight excluding hydrogens is 380 g/mol. The van der Waals surface area contributed by atoms with Crippen LogP contribution < -0.4 is 15.7 Å². The number of hydrogen-bond donors (Lipinski definition) is 3. The van der Waals surface area contributed by atoms with Crippen molar-refractivity contribution in [3.05, 3.63) is 64.6 Å². The summed E-state index contributed by atoms with van der Waals surface area (Å²) in [7, 11) is 1.68. The molecule has 0 aliphatic heterocycles. The Morgan fingerprint density at radius 1 is 1.11 bits per heavy atom.